The predicted octanol–water partition coefficient (Wildman–Crippen LogP) is 1.72. The van der Waals surface area contributed by atoms with Gasteiger partial charge in [0.15, 0.2) is 0 Å². The van der Waals surface area contributed by atoms with E-state index in [9.17, 15) is 4.79 Å². The van der Waals surface area contributed by atoms with Crippen molar-refractivity contribution in [1.82, 2.24) is 10.2 Å². The Kier molecular flexibility index (Phi) is 5.87. The van der Waals surface area contributed by atoms with Crippen molar-refractivity contribution in [3.63, 3.8) is 0 Å². The van der Waals surface area contributed by atoms with Crippen molar-refractivity contribution in [2.45, 2.75) is 19.8 Å². The Morgan fingerprint density at radius 2 is 1.85 bits per heavy atom. The van der Waals surface area contributed by atoms with Crippen LogP contribution in [0, 0.1) is 0 Å². The Morgan fingerprint density at radius 3 is 2.50 bits per heavy atom. The van der Waals surface area contributed by atoms with Crippen LogP contribution in [-0.2, 0) is 4.79 Å². The second-order valence-electron chi connectivity index (χ2n) is 5.22. The molecule has 110 valence electrons. The maximum absolute atomic E-state index is 11.1. The first-order chi connectivity index (χ1) is 9.79. The summed E-state index contributed by atoms with van der Waals surface area (Å²) in [5.41, 5.74) is 1.32. The van der Waals surface area contributed by atoms with Gasteiger partial charge in [0.05, 0.1) is 0 Å². The van der Waals surface area contributed by atoms with Crippen molar-refractivity contribution in [1.29, 1.82) is 0 Å². The number of hydrogen-bond donors (Lipinski definition) is 1. The van der Waals surface area contributed by atoms with E-state index >= 15 is 0 Å². The summed E-state index contributed by atoms with van der Waals surface area (Å²) in [6.45, 7) is 8.15. The highest BCUT2D eigenvalue weighted by Crippen LogP contribution is 2.15. The highest BCUT2D eigenvalue weighted by Gasteiger charge is 2.16. The average Bonchev–Trinajstić information content (AvgIpc) is 2.52. The first-order valence-electron chi connectivity index (χ1n) is 7.58. The monoisotopic (exact) mass is 275 g/mol. The SMILES string of the molecule is CCC(=O)NCCCN1CCN(c2ccccc2)CC1. The zero-order valence-electron chi connectivity index (χ0n) is 12.3. The fraction of sp³-hybridized carbons (Fsp3) is 0.562. The van der Waals surface area contributed by atoms with Crippen LogP contribution in [0.4, 0.5) is 5.69 Å². The molecule has 1 aromatic carbocycles. The lowest BCUT2D eigenvalue weighted by Gasteiger charge is -2.36. The van der Waals surface area contributed by atoms with Crippen molar-refractivity contribution in [2.75, 3.05) is 44.2 Å². The molecule has 0 unspecified atom stereocenters. The summed E-state index contributed by atoms with van der Waals surface area (Å²) in [5.74, 6) is 0.152. The number of benzene rings is 1. The van der Waals surface area contributed by atoms with Gasteiger partial charge in [-0.1, -0.05) is 25.1 Å². The van der Waals surface area contributed by atoms with Crippen LogP contribution >= 0.6 is 0 Å². The second-order valence-corrected chi connectivity index (χ2v) is 5.22. The van der Waals surface area contributed by atoms with Crippen LogP contribution < -0.4 is 10.2 Å². The lowest BCUT2D eigenvalue weighted by atomic mass is 10.2. The molecule has 1 N–H and O–H groups in total. The number of rotatable bonds is 6. The molecule has 4 nitrogen and oxygen atoms in total. The van der Waals surface area contributed by atoms with E-state index in [-0.39, 0.29) is 5.91 Å². The van der Waals surface area contributed by atoms with Crippen molar-refractivity contribution >= 4 is 11.6 Å². The molecule has 1 heterocycles. The Morgan fingerprint density at radius 1 is 1.15 bits per heavy atom. The molecule has 2 rings (SSSR count). The fourth-order valence-electron chi connectivity index (χ4n) is 2.52. The molecule has 1 fully saturated rings. The molecule has 20 heavy (non-hydrogen) atoms. The van der Waals surface area contributed by atoms with Gasteiger partial charge in [-0.2, -0.15) is 0 Å². The molecule has 0 bridgehead atoms. The maximum atomic E-state index is 11.1. The van der Waals surface area contributed by atoms with Crippen LogP contribution in [0.3, 0.4) is 0 Å². The van der Waals surface area contributed by atoms with Crippen LogP contribution in [-0.4, -0.2) is 50.1 Å². The number of hydrogen-bond acceptors (Lipinski definition) is 3. The summed E-state index contributed by atoms with van der Waals surface area (Å²) >= 11 is 0. The van der Waals surface area contributed by atoms with Gasteiger partial charge in [-0.15, -0.1) is 0 Å². The van der Waals surface area contributed by atoms with E-state index in [1.165, 1.54) is 5.69 Å². The van der Waals surface area contributed by atoms with Crippen molar-refractivity contribution < 1.29 is 4.79 Å². The predicted molar refractivity (Wildman–Crippen MR) is 83.0 cm³/mol. The van der Waals surface area contributed by atoms with Gasteiger partial charge >= 0.3 is 0 Å². The van der Waals surface area contributed by atoms with E-state index in [1.807, 2.05) is 6.92 Å². The van der Waals surface area contributed by atoms with E-state index in [1.54, 1.807) is 0 Å². The van der Waals surface area contributed by atoms with Crippen LogP contribution in [0.5, 0.6) is 0 Å². The highest BCUT2D eigenvalue weighted by atomic mass is 16.1. The molecule has 0 atom stereocenters. The molecule has 0 saturated carbocycles. The minimum absolute atomic E-state index is 0.152. The summed E-state index contributed by atoms with van der Waals surface area (Å²) in [4.78, 5) is 16.1. The first kappa shape index (κ1) is 14.9. The van der Waals surface area contributed by atoms with Gasteiger partial charge in [0.1, 0.15) is 0 Å². The number of piperazine rings is 1. The minimum atomic E-state index is 0.152. The fourth-order valence-corrected chi connectivity index (χ4v) is 2.52. The number of carbonyl (C=O) groups excluding carboxylic acids is 1. The Labute approximate surface area is 121 Å². The smallest absolute Gasteiger partial charge is 0.219 e. The first-order valence-corrected chi connectivity index (χ1v) is 7.58. The average molecular weight is 275 g/mol. The zero-order valence-corrected chi connectivity index (χ0v) is 12.3. The van der Waals surface area contributed by atoms with Gasteiger partial charge in [-0.25, -0.2) is 0 Å². The number of anilines is 1. The van der Waals surface area contributed by atoms with Crippen molar-refractivity contribution in [3.05, 3.63) is 30.3 Å². The van der Waals surface area contributed by atoms with Gasteiger partial charge < -0.3 is 10.2 Å². The van der Waals surface area contributed by atoms with Gasteiger partial charge in [0.25, 0.3) is 0 Å². The molecule has 0 aliphatic carbocycles. The van der Waals surface area contributed by atoms with Crippen molar-refractivity contribution in [3.8, 4) is 0 Å². The quantitative estimate of drug-likeness (QED) is 0.803. The van der Waals surface area contributed by atoms with Crippen LogP contribution in [0.2, 0.25) is 0 Å². The summed E-state index contributed by atoms with van der Waals surface area (Å²) in [7, 11) is 0. The molecule has 1 aliphatic rings. The summed E-state index contributed by atoms with van der Waals surface area (Å²) in [5, 5.41) is 2.93. The normalized spacial score (nSPS) is 16.1. The largest absolute Gasteiger partial charge is 0.369 e. The lowest BCUT2D eigenvalue weighted by molar-refractivity contribution is -0.120. The number of nitrogens with one attached hydrogen (secondary N) is 1. The van der Waals surface area contributed by atoms with Crippen LogP contribution in [0.15, 0.2) is 30.3 Å². The molecule has 0 aromatic heterocycles. The van der Waals surface area contributed by atoms with E-state index in [0.717, 1.165) is 45.7 Å². The Hall–Kier alpha value is -1.55. The second kappa shape index (κ2) is 7.90. The standard InChI is InChI=1S/C16H25N3O/c1-2-16(20)17-9-6-10-18-11-13-19(14-12-18)15-7-4-3-5-8-15/h3-5,7-8H,2,6,9-14H2,1H3,(H,17,20). The minimum Gasteiger partial charge on any atom is -0.369 e. The van der Waals surface area contributed by atoms with Gasteiger partial charge in [-0.3, -0.25) is 9.69 Å². The summed E-state index contributed by atoms with van der Waals surface area (Å²) < 4.78 is 0. The van der Waals surface area contributed by atoms with E-state index in [2.05, 4.69) is 45.4 Å². The van der Waals surface area contributed by atoms with Crippen LogP contribution in [0.25, 0.3) is 0 Å². The van der Waals surface area contributed by atoms with E-state index < -0.39 is 0 Å². The molecule has 4 heteroatoms. The molecule has 0 spiro atoms. The molecule has 0 radical (unpaired) electrons. The molecule has 1 amide bonds. The highest BCUT2D eigenvalue weighted by molar-refractivity contribution is 5.75. The Bertz CT molecular complexity index is 399. The molecular formula is C16H25N3O. The maximum Gasteiger partial charge on any atom is 0.219 e. The van der Waals surface area contributed by atoms with Crippen LogP contribution in [0.1, 0.15) is 19.8 Å². The molecule has 1 aromatic rings. The topological polar surface area (TPSA) is 35.6 Å². The van der Waals surface area contributed by atoms with Gasteiger partial charge in [0.2, 0.25) is 5.91 Å². The molecule has 1 saturated heterocycles. The third-order valence-electron chi connectivity index (χ3n) is 3.79. The van der Waals surface area contributed by atoms with E-state index in [4.69, 9.17) is 0 Å². The number of nitrogens with zero attached hydrogens (tertiary/aromatic N) is 2. The third kappa shape index (κ3) is 4.53. The van der Waals surface area contributed by atoms with Crippen molar-refractivity contribution in [2.24, 2.45) is 0 Å². The molecular weight excluding hydrogens is 250 g/mol. The van der Waals surface area contributed by atoms with Gasteiger partial charge in [0, 0.05) is 44.8 Å². The Balaban J connectivity index is 1.63. The number of carbonyl (C=O) groups is 1. The van der Waals surface area contributed by atoms with Gasteiger partial charge in [-0.05, 0) is 25.1 Å². The summed E-state index contributed by atoms with van der Waals surface area (Å²) in [6.07, 6.45) is 1.62. The van der Waals surface area contributed by atoms with E-state index in [0.29, 0.717) is 6.42 Å². The third-order valence-corrected chi connectivity index (χ3v) is 3.79. The lowest BCUT2D eigenvalue weighted by Crippen LogP contribution is -2.47. The number of amides is 1. The zero-order chi connectivity index (χ0) is 14.2. The summed E-state index contributed by atoms with van der Waals surface area (Å²) in [6, 6.07) is 10.6. The number of para-hydroxylation sites is 1. The molecule has 1 aliphatic heterocycles.